The first kappa shape index (κ1) is 11.1. The molecule has 1 atom stereocenters. The molecule has 3 heteroatoms. The maximum atomic E-state index is 10.1. The van der Waals surface area contributed by atoms with Gasteiger partial charge in [0.15, 0.2) is 0 Å². The van der Waals surface area contributed by atoms with Crippen molar-refractivity contribution in [3.05, 3.63) is 23.8 Å². The van der Waals surface area contributed by atoms with Gasteiger partial charge in [-0.15, -0.1) is 0 Å². The number of hydrogen-bond acceptors (Lipinski definition) is 3. The van der Waals surface area contributed by atoms with Gasteiger partial charge in [-0.05, 0) is 19.8 Å². The summed E-state index contributed by atoms with van der Waals surface area (Å²) in [6.07, 6.45) is 3.98. The molecule has 0 saturated carbocycles. The van der Waals surface area contributed by atoms with Crippen LogP contribution in [-0.2, 0) is 6.42 Å². The highest BCUT2D eigenvalue weighted by molar-refractivity contribution is 5.05. The molecule has 78 valence electrons. The summed E-state index contributed by atoms with van der Waals surface area (Å²) in [5, 5.41) is 10.1. The molecule has 1 rings (SSSR count). The number of rotatable bonds is 3. The molecule has 14 heavy (non-hydrogen) atoms. The molecule has 0 aliphatic heterocycles. The number of aromatic nitrogens is 2. The van der Waals surface area contributed by atoms with Crippen LogP contribution in [0.1, 0.15) is 32.2 Å². The minimum absolute atomic E-state index is 0.213. The topological polar surface area (TPSA) is 46.0 Å². The lowest BCUT2D eigenvalue weighted by Gasteiger charge is -2.27. The van der Waals surface area contributed by atoms with Crippen molar-refractivity contribution < 1.29 is 5.11 Å². The van der Waals surface area contributed by atoms with Crippen LogP contribution in [0.3, 0.4) is 0 Å². The van der Waals surface area contributed by atoms with E-state index in [4.69, 9.17) is 0 Å². The van der Waals surface area contributed by atoms with Gasteiger partial charge in [-0.3, -0.25) is 9.97 Å². The van der Waals surface area contributed by atoms with Crippen LogP contribution < -0.4 is 0 Å². The SMILES string of the molecule is Cc1cncc(CC(C)(O)C(C)C)n1. The van der Waals surface area contributed by atoms with E-state index in [9.17, 15) is 5.11 Å². The largest absolute Gasteiger partial charge is 0.390 e. The molecule has 0 aliphatic rings. The van der Waals surface area contributed by atoms with Gasteiger partial charge in [0.25, 0.3) is 0 Å². The van der Waals surface area contributed by atoms with Crippen molar-refractivity contribution in [3.8, 4) is 0 Å². The zero-order valence-electron chi connectivity index (χ0n) is 9.28. The van der Waals surface area contributed by atoms with Gasteiger partial charge in [0.05, 0.1) is 17.0 Å². The Bertz CT molecular complexity index is 308. The maximum Gasteiger partial charge on any atom is 0.0698 e. The Labute approximate surface area is 85.2 Å². The normalized spacial score (nSPS) is 15.6. The molecule has 0 spiro atoms. The summed E-state index contributed by atoms with van der Waals surface area (Å²) < 4.78 is 0. The minimum Gasteiger partial charge on any atom is -0.390 e. The molecular weight excluding hydrogens is 176 g/mol. The molecule has 1 unspecified atom stereocenters. The van der Waals surface area contributed by atoms with E-state index in [2.05, 4.69) is 9.97 Å². The second kappa shape index (κ2) is 4.05. The van der Waals surface area contributed by atoms with E-state index in [1.807, 2.05) is 27.7 Å². The Balaban J connectivity index is 2.78. The predicted octanol–water partition coefficient (Wildman–Crippen LogP) is 1.73. The molecule has 1 aromatic heterocycles. The Kier molecular flexibility index (Phi) is 3.21. The zero-order valence-corrected chi connectivity index (χ0v) is 9.28. The van der Waals surface area contributed by atoms with Crippen molar-refractivity contribution in [2.24, 2.45) is 5.92 Å². The van der Waals surface area contributed by atoms with Crippen LogP contribution in [0.2, 0.25) is 0 Å². The van der Waals surface area contributed by atoms with Crippen molar-refractivity contribution in [1.82, 2.24) is 9.97 Å². The van der Waals surface area contributed by atoms with Gasteiger partial charge < -0.3 is 5.11 Å². The van der Waals surface area contributed by atoms with Crippen molar-refractivity contribution in [1.29, 1.82) is 0 Å². The van der Waals surface area contributed by atoms with Crippen LogP contribution in [0.4, 0.5) is 0 Å². The van der Waals surface area contributed by atoms with Crippen LogP contribution >= 0.6 is 0 Å². The number of aryl methyl sites for hydroxylation is 1. The minimum atomic E-state index is -0.706. The summed E-state index contributed by atoms with van der Waals surface area (Å²) in [7, 11) is 0. The highest BCUT2D eigenvalue weighted by Gasteiger charge is 2.25. The lowest BCUT2D eigenvalue weighted by atomic mass is 9.88. The van der Waals surface area contributed by atoms with Gasteiger partial charge >= 0.3 is 0 Å². The highest BCUT2D eigenvalue weighted by Crippen LogP contribution is 2.20. The molecule has 0 bridgehead atoms. The van der Waals surface area contributed by atoms with Gasteiger partial charge in [-0.1, -0.05) is 13.8 Å². The summed E-state index contributed by atoms with van der Waals surface area (Å²) in [4.78, 5) is 8.37. The lowest BCUT2D eigenvalue weighted by molar-refractivity contribution is 0.0130. The summed E-state index contributed by atoms with van der Waals surface area (Å²) in [6, 6.07) is 0. The van der Waals surface area contributed by atoms with Gasteiger partial charge in [-0.2, -0.15) is 0 Å². The van der Waals surface area contributed by atoms with Crippen molar-refractivity contribution in [2.75, 3.05) is 0 Å². The molecule has 0 fully saturated rings. The monoisotopic (exact) mass is 194 g/mol. The Hall–Kier alpha value is -0.960. The van der Waals surface area contributed by atoms with Crippen LogP contribution in [0.25, 0.3) is 0 Å². The zero-order chi connectivity index (χ0) is 10.8. The summed E-state index contributed by atoms with van der Waals surface area (Å²) in [5.41, 5.74) is 1.04. The molecule has 0 amide bonds. The third-order valence-electron chi connectivity index (χ3n) is 2.59. The standard InChI is InChI=1S/C11H18N2O/c1-8(2)11(4,14)5-10-7-12-6-9(3)13-10/h6-8,14H,5H2,1-4H3. The molecule has 0 saturated heterocycles. The molecule has 1 aromatic rings. The number of hydrogen-bond donors (Lipinski definition) is 1. The van der Waals surface area contributed by atoms with Crippen LogP contribution in [-0.4, -0.2) is 20.7 Å². The van der Waals surface area contributed by atoms with E-state index in [1.165, 1.54) is 0 Å². The third-order valence-corrected chi connectivity index (χ3v) is 2.59. The van der Waals surface area contributed by atoms with E-state index < -0.39 is 5.60 Å². The van der Waals surface area contributed by atoms with Gasteiger partial charge in [-0.25, -0.2) is 0 Å². The van der Waals surface area contributed by atoms with E-state index >= 15 is 0 Å². The Morgan fingerprint density at radius 1 is 1.43 bits per heavy atom. The Morgan fingerprint density at radius 2 is 2.07 bits per heavy atom. The Morgan fingerprint density at radius 3 is 2.57 bits per heavy atom. The fourth-order valence-electron chi connectivity index (χ4n) is 1.17. The van der Waals surface area contributed by atoms with Gasteiger partial charge in [0, 0.05) is 18.8 Å². The summed E-state index contributed by atoms with van der Waals surface area (Å²) >= 11 is 0. The van der Waals surface area contributed by atoms with E-state index in [-0.39, 0.29) is 5.92 Å². The second-order valence-electron chi connectivity index (χ2n) is 4.34. The van der Waals surface area contributed by atoms with Crippen LogP contribution in [0, 0.1) is 12.8 Å². The quantitative estimate of drug-likeness (QED) is 0.797. The fraction of sp³-hybridized carbons (Fsp3) is 0.636. The lowest BCUT2D eigenvalue weighted by Crippen LogP contribution is -2.34. The summed E-state index contributed by atoms with van der Waals surface area (Å²) in [5.74, 6) is 0.213. The fourth-order valence-corrected chi connectivity index (χ4v) is 1.17. The van der Waals surface area contributed by atoms with E-state index in [1.54, 1.807) is 12.4 Å². The molecule has 1 N–H and O–H groups in total. The first-order valence-electron chi connectivity index (χ1n) is 4.92. The van der Waals surface area contributed by atoms with Crippen molar-refractivity contribution in [3.63, 3.8) is 0 Å². The smallest absolute Gasteiger partial charge is 0.0698 e. The predicted molar refractivity (Wildman–Crippen MR) is 55.9 cm³/mol. The first-order chi connectivity index (χ1) is 6.42. The van der Waals surface area contributed by atoms with Crippen LogP contribution in [0.5, 0.6) is 0 Å². The maximum absolute atomic E-state index is 10.1. The van der Waals surface area contributed by atoms with Crippen LogP contribution in [0.15, 0.2) is 12.4 Å². The average molecular weight is 194 g/mol. The van der Waals surface area contributed by atoms with E-state index in [0.29, 0.717) is 6.42 Å². The second-order valence-corrected chi connectivity index (χ2v) is 4.34. The molecule has 0 radical (unpaired) electrons. The molecule has 0 aromatic carbocycles. The first-order valence-corrected chi connectivity index (χ1v) is 4.92. The highest BCUT2D eigenvalue weighted by atomic mass is 16.3. The molecule has 3 nitrogen and oxygen atoms in total. The molecular formula is C11H18N2O. The summed E-state index contributed by atoms with van der Waals surface area (Å²) in [6.45, 7) is 7.74. The van der Waals surface area contributed by atoms with Gasteiger partial charge in [0.2, 0.25) is 0 Å². The number of aliphatic hydroxyl groups is 1. The average Bonchev–Trinajstić information content (AvgIpc) is 2.02. The molecule has 1 heterocycles. The van der Waals surface area contributed by atoms with Crippen molar-refractivity contribution >= 4 is 0 Å². The van der Waals surface area contributed by atoms with Gasteiger partial charge in [0.1, 0.15) is 0 Å². The number of nitrogens with zero attached hydrogens (tertiary/aromatic N) is 2. The van der Waals surface area contributed by atoms with Crippen molar-refractivity contribution in [2.45, 2.75) is 39.7 Å². The third kappa shape index (κ3) is 2.77. The molecule has 0 aliphatic carbocycles. The van der Waals surface area contributed by atoms with E-state index in [0.717, 1.165) is 11.4 Å².